The molecular weight excluding hydrogens is 506 g/mol. The number of halogens is 1. The summed E-state index contributed by atoms with van der Waals surface area (Å²) in [6.45, 7) is 0.304. The summed E-state index contributed by atoms with van der Waals surface area (Å²) < 4.78 is 22.8. The van der Waals surface area contributed by atoms with Crippen molar-refractivity contribution in [3.8, 4) is 0 Å². The molecule has 0 bridgehead atoms. The minimum atomic E-state index is -3.76. The molecule has 8 nitrogen and oxygen atoms in total. The summed E-state index contributed by atoms with van der Waals surface area (Å²) in [6.07, 6.45) is -0.980. The van der Waals surface area contributed by atoms with Crippen molar-refractivity contribution < 1.29 is 13.2 Å². The summed E-state index contributed by atoms with van der Waals surface area (Å²) >= 11 is 11.7. The second kappa shape index (κ2) is 10.1. The van der Waals surface area contributed by atoms with Crippen LogP contribution in [0.25, 0.3) is 0 Å². The van der Waals surface area contributed by atoms with Crippen LogP contribution >= 0.6 is 23.8 Å². The predicted molar refractivity (Wildman–Crippen MR) is 141 cm³/mol. The Kier molecular flexibility index (Phi) is 7.18. The fourth-order valence-corrected chi connectivity index (χ4v) is 4.49. The first-order chi connectivity index (χ1) is 16.6. The molecule has 3 aromatic carbocycles. The van der Waals surface area contributed by atoms with Crippen molar-refractivity contribution in [2.45, 2.75) is 17.6 Å². The van der Waals surface area contributed by atoms with E-state index in [0.29, 0.717) is 23.0 Å². The number of thiocarbonyl (C=S) groups is 1. The van der Waals surface area contributed by atoms with Gasteiger partial charge in [-0.2, -0.15) is 0 Å². The Morgan fingerprint density at radius 2 is 1.80 bits per heavy atom. The van der Waals surface area contributed by atoms with Gasteiger partial charge in [0.15, 0.2) is 5.11 Å². The van der Waals surface area contributed by atoms with Crippen LogP contribution in [0.15, 0.2) is 82.7 Å². The van der Waals surface area contributed by atoms with E-state index in [2.05, 4.69) is 10.6 Å². The van der Waals surface area contributed by atoms with Gasteiger partial charge in [0.2, 0.25) is 16.2 Å². The van der Waals surface area contributed by atoms with Gasteiger partial charge in [-0.1, -0.05) is 54.1 Å². The zero-order chi connectivity index (χ0) is 25.2. The zero-order valence-corrected chi connectivity index (χ0v) is 21.0. The van der Waals surface area contributed by atoms with Crippen LogP contribution in [0.2, 0.25) is 5.02 Å². The molecule has 0 radical (unpaired) electrons. The van der Waals surface area contributed by atoms with E-state index in [1.54, 1.807) is 37.4 Å². The van der Waals surface area contributed by atoms with E-state index in [1.807, 2.05) is 30.3 Å². The summed E-state index contributed by atoms with van der Waals surface area (Å²) in [6, 6.07) is 20.9. The third-order valence-electron chi connectivity index (χ3n) is 5.42. The number of primary sulfonamides is 1. The second-order valence-corrected chi connectivity index (χ2v) is 10.2. The van der Waals surface area contributed by atoms with E-state index in [4.69, 9.17) is 34.0 Å². The van der Waals surface area contributed by atoms with Gasteiger partial charge >= 0.3 is 0 Å². The number of hydrogen-bond donors (Lipinski definition) is 3. The molecule has 0 fully saturated rings. The molecule has 4 N–H and O–H groups in total. The molecule has 180 valence electrons. The fraction of sp³-hybridized carbons (Fsp3) is 0.125. The van der Waals surface area contributed by atoms with E-state index in [-0.39, 0.29) is 15.9 Å². The van der Waals surface area contributed by atoms with Crippen LogP contribution < -0.4 is 20.7 Å². The van der Waals surface area contributed by atoms with Crippen LogP contribution in [0.3, 0.4) is 0 Å². The van der Waals surface area contributed by atoms with Crippen LogP contribution in [0.4, 0.5) is 5.69 Å². The van der Waals surface area contributed by atoms with Gasteiger partial charge in [-0.25, -0.2) is 18.5 Å². The largest absolute Gasteiger partial charge is 0.359 e. The SMILES string of the molecule is CN1C(=O)C(NC(=S)NCc2ccc(S(N)(=O)=O)cc2)N=C(c2ccccc2)c2cc(Cl)ccc21. The van der Waals surface area contributed by atoms with Crippen LogP contribution in [0.1, 0.15) is 16.7 Å². The van der Waals surface area contributed by atoms with Gasteiger partial charge in [0.05, 0.1) is 16.3 Å². The Morgan fingerprint density at radius 3 is 2.46 bits per heavy atom. The highest BCUT2D eigenvalue weighted by atomic mass is 35.5. The highest BCUT2D eigenvalue weighted by molar-refractivity contribution is 7.89. The van der Waals surface area contributed by atoms with E-state index < -0.39 is 16.2 Å². The molecule has 0 spiro atoms. The molecule has 0 saturated carbocycles. The van der Waals surface area contributed by atoms with Crippen molar-refractivity contribution in [2.75, 3.05) is 11.9 Å². The number of carbonyl (C=O) groups excluding carboxylic acids is 1. The van der Waals surface area contributed by atoms with Crippen LogP contribution in [0.5, 0.6) is 0 Å². The number of carbonyl (C=O) groups is 1. The van der Waals surface area contributed by atoms with Gasteiger partial charge in [-0.05, 0) is 48.1 Å². The molecule has 0 aliphatic carbocycles. The maximum absolute atomic E-state index is 13.3. The minimum Gasteiger partial charge on any atom is -0.359 e. The Hall–Kier alpha value is -3.31. The van der Waals surface area contributed by atoms with E-state index in [1.165, 1.54) is 17.0 Å². The molecular formula is C24H22ClN5O3S2. The average molecular weight is 528 g/mol. The lowest BCUT2D eigenvalue weighted by molar-refractivity contribution is -0.119. The van der Waals surface area contributed by atoms with Crippen molar-refractivity contribution in [1.82, 2.24) is 10.6 Å². The number of amides is 1. The monoisotopic (exact) mass is 527 g/mol. The number of benzene rings is 3. The van der Waals surface area contributed by atoms with Crippen molar-refractivity contribution in [2.24, 2.45) is 10.1 Å². The van der Waals surface area contributed by atoms with Gasteiger partial charge in [0.25, 0.3) is 5.91 Å². The summed E-state index contributed by atoms with van der Waals surface area (Å²) in [5.41, 5.74) is 3.64. The second-order valence-electron chi connectivity index (χ2n) is 7.82. The number of nitrogens with zero attached hydrogens (tertiary/aromatic N) is 2. The van der Waals surface area contributed by atoms with E-state index in [9.17, 15) is 13.2 Å². The third-order valence-corrected chi connectivity index (χ3v) is 6.84. The molecule has 1 amide bonds. The number of fused-ring (bicyclic) bond motifs is 1. The lowest BCUT2D eigenvalue weighted by atomic mass is 10.0. The number of benzodiazepines with no additional fused rings is 1. The molecule has 3 aromatic rings. The van der Waals surface area contributed by atoms with Crippen LogP contribution in [0, 0.1) is 0 Å². The Labute approximate surface area is 213 Å². The van der Waals surface area contributed by atoms with Crippen molar-refractivity contribution in [1.29, 1.82) is 0 Å². The highest BCUT2D eigenvalue weighted by Gasteiger charge is 2.30. The number of sulfonamides is 1. The lowest BCUT2D eigenvalue weighted by Gasteiger charge is -2.22. The van der Waals surface area contributed by atoms with Gasteiger partial charge in [-0.15, -0.1) is 0 Å². The number of aliphatic imine (C=N–C) groups is 1. The minimum absolute atomic E-state index is 0.0245. The number of likely N-dealkylation sites (N-methyl/N-ethyl adjacent to an activating group) is 1. The molecule has 1 aliphatic rings. The first-order valence-electron chi connectivity index (χ1n) is 10.5. The lowest BCUT2D eigenvalue weighted by Crippen LogP contribution is -2.49. The molecule has 4 rings (SSSR count). The first-order valence-corrected chi connectivity index (χ1v) is 12.8. The summed E-state index contributed by atoms with van der Waals surface area (Å²) in [5, 5.41) is 11.9. The summed E-state index contributed by atoms with van der Waals surface area (Å²) in [5.74, 6) is -0.291. The van der Waals surface area contributed by atoms with Crippen molar-refractivity contribution >= 4 is 56.3 Å². The number of nitrogens with two attached hydrogens (primary N) is 1. The maximum Gasteiger partial charge on any atom is 0.272 e. The molecule has 1 atom stereocenters. The van der Waals surface area contributed by atoms with Gasteiger partial charge < -0.3 is 15.5 Å². The Morgan fingerprint density at radius 1 is 1.11 bits per heavy atom. The average Bonchev–Trinajstić information content (AvgIpc) is 2.93. The maximum atomic E-state index is 13.3. The highest BCUT2D eigenvalue weighted by Crippen LogP contribution is 2.29. The standard InChI is InChI=1S/C24H22ClN5O3S2/c1-30-20-12-9-17(25)13-19(20)21(16-5-3-2-4-6-16)28-22(23(30)31)29-24(34)27-14-15-7-10-18(11-8-15)35(26,32)33/h2-13,22H,14H2,1H3,(H2,26,32,33)(H2,27,29,34). The Balaban J connectivity index is 1.57. The molecule has 0 aromatic heterocycles. The van der Waals surface area contributed by atoms with Gasteiger partial charge in [0, 0.05) is 29.7 Å². The van der Waals surface area contributed by atoms with Crippen molar-refractivity contribution in [3.63, 3.8) is 0 Å². The fourth-order valence-electron chi connectivity index (χ4n) is 3.62. The van der Waals surface area contributed by atoms with E-state index in [0.717, 1.165) is 16.7 Å². The molecule has 11 heteroatoms. The van der Waals surface area contributed by atoms with Gasteiger partial charge in [0.1, 0.15) is 0 Å². The molecule has 35 heavy (non-hydrogen) atoms. The van der Waals surface area contributed by atoms with Crippen LogP contribution in [-0.2, 0) is 21.4 Å². The quantitative estimate of drug-likeness (QED) is 0.439. The first kappa shape index (κ1) is 24.8. The number of anilines is 1. The molecule has 1 heterocycles. The zero-order valence-electron chi connectivity index (χ0n) is 18.6. The Bertz CT molecular complexity index is 1410. The summed E-state index contributed by atoms with van der Waals surface area (Å²) in [4.78, 5) is 19.6. The summed E-state index contributed by atoms with van der Waals surface area (Å²) in [7, 11) is -2.08. The van der Waals surface area contributed by atoms with Crippen molar-refractivity contribution in [3.05, 3.63) is 94.5 Å². The topological polar surface area (TPSA) is 117 Å². The van der Waals surface area contributed by atoms with Crippen LogP contribution in [-0.4, -0.2) is 38.4 Å². The van der Waals surface area contributed by atoms with E-state index >= 15 is 0 Å². The number of nitrogens with one attached hydrogen (secondary N) is 2. The number of rotatable bonds is 5. The normalized spacial score (nSPS) is 15.6. The molecule has 1 unspecified atom stereocenters. The number of hydrogen-bond acceptors (Lipinski definition) is 5. The third kappa shape index (κ3) is 5.68. The predicted octanol–water partition coefficient (Wildman–Crippen LogP) is 2.79. The molecule has 1 aliphatic heterocycles. The molecule has 0 saturated heterocycles. The smallest absolute Gasteiger partial charge is 0.272 e. The van der Waals surface area contributed by atoms with Gasteiger partial charge in [-0.3, -0.25) is 4.79 Å².